The Bertz CT molecular complexity index is 911. The van der Waals surface area contributed by atoms with Gasteiger partial charge >= 0.3 is 0 Å². The first-order valence-electron chi connectivity index (χ1n) is 14.1. The predicted molar refractivity (Wildman–Crippen MR) is 146 cm³/mol. The summed E-state index contributed by atoms with van der Waals surface area (Å²) in [5, 5.41) is 24.2. The van der Waals surface area contributed by atoms with Crippen LogP contribution >= 0.6 is 0 Å². The van der Waals surface area contributed by atoms with E-state index in [1.165, 1.54) is 55.2 Å². The molecular weight excluding hydrogens is 434 g/mol. The number of aromatic hydroxyl groups is 1. The first kappa shape index (κ1) is 27.4. The molecule has 194 valence electrons. The second-order valence-corrected chi connectivity index (χ2v) is 10.2. The fourth-order valence-corrected chi connectivity index (χ4v) is 4.93. The van der Waals surface area contributed by atoms with E-state index in [0.717, 1.165) is 62.0 Å². The zero-order valence-electron chi connectivity index (χ0n) is 22.5. The number of hydrogen-bond acceptors (Lipinski definition) is 5. The Hall–Kier alpha value is -2.14. The summed E-state index contributed by atoms with van der Waals surface area (Å²) in [6.07, 6.45) is 14.8. The third kappa shape index (κ3) is 7.93. The number of methoxy groups -OCH3 is 1. The molecule has 5 heteroatoms. The number of phenols is 1. The topological polar surface area (TPSA) is 67.3 Å². The lowest BCUT2D eigenvalue weighted by Gasteiger charge is -2.23. The predicted octanol–water partition coefficient (Wildman–Crippen LogP) is 7.81. The average Bonchev–Trinajstić information content (AvgIpc) is 3.71. The normalized spacial score (nSPS) is 14.3. The molecule has 1 heterocycles. The van der Waals surface area contributed by atoms with E-state index in [9.17, 15) is 5.11 Å². The molecule has 3 rings (SSSR count). The van der Waals surface area contributed by atoms with Gasteiger partial charge < -0.3 is 15.2 Å². The van der Waals surface area contributed by atoms with E-state index in [1.54, 1.807) is 7.11 Å². The van der Waals surface area contributed by atoms with Gasteiger partial charge in [-0.15, -0.1) is 10.2 Å². The molecule has 2 N–H and O–H groups in total. The highest BCUT2D eigenvalue weighted by Crippen LogP contribution is 2.43. The minimum Gasteiger partial charge on any atom is -0.507 e. The number of phenolic OH excluding ortho intramolecular Hbond substituents is 1. The average molecular weight is 482 g/mol. The maximum atomic E-state index is 11.0. The molecule has 0 saturated heterocycles. The van der Waals surface area contributed by atoms with Gasteiger partial charge in [0.1, 0.15) is 11.4 Å². The fraction of sp³-hybridized carbons (Fsp3) is 0.667. The summed E-state index contributed by atoms with van der Waals surface area (Å²) in [7, 11) is 1.75. The molecule has 0 radical (unpaired) electrons. The number of aromatic nitrogens is 2. The number of rotatable bonds is 17. The largest absolute Gasteiger partial charge is 0.507 e. The summed E-state index contributed by atoms with van der Waals surface area (Å²) < 4.78 is 5.38. The van der Waals surface area contributed by atoms with E-state index in [0.29, 0.717) is 24.3 Å². The SMILES string of the molecule is CCCCCCC(CC)Nc1nnc(-c2ccc(C3CC3)cc2O)c(CCCOC)c1CCCC. The fourth-order valence-electron chi connectivity index (χ4n) is 4.93. The maximum absolute atomic E-state index is 11.0. The van der Waals surface area contributed by atoms with Crippen molar-refractivity contribution in [2.24, 2.45) is 0 Å². The van der Waals surface area contributed by atoms with E-state index in [1.807, 2.05) is 12.1 Å². The van der Waals surface area contributed by atoms with E-state index >= 15 is 0 Å². The molecular formula is C30H47N3O2. The van der Waals surface area contributed by atoms with E-state index in [2.05, 4.69) is 32.2 Å². The molecule has 1 atom stereocenters. The number of ether oxygens (including phenoxy) is 1. The smallest absolute Gasteiger partial charge is 0.152 e. The Morgan fingerprint density at radius 1 is 0.971 bits per heavy atom. The lowest BCUT2D eigenvalue weighted by molar-refractivity contribution is 0.195. The standard InChI is InChI=1S/C30H47N3O2/c1-5-8-10-11-13-24(7-3)31-30-26(14-9-6-2)25(15-12-20-35-4)29(32-33-30)27-19-18-23(21-28(27)34)22-16-17-22/h18-19,21-22,24,34H,5-17,20H2,1-4H3,(H,31,33). The number of hydrogen-bond donors (Lipinski definition) is 2. The van der Waals surface area contributed by atoms with Crippen LogP contribution in [0.1, 0.15) is 114 Å². The molecule has 2 aromatic rings. The number of nitrogens with zero attached hydrogens (tertiary/aromatic N) is 2. The van der Waals surface area contributed by atoms with Crippen LogP contribution < -0.4 is 5.32 Å². The molecule has 0 spiro atoms. The van der Waals surface area contributed by atoms with E-state index in [4.69, 9.17) is 14.9 Å². The molecule has 1 fully saturated rings. The zero-order chi connectivity index (χ0) is 25.0. The highest BCUT2D eigenvalue weighted by atomic mass is 16.5. The van der Waals surface area contributed by atoms with Crippen LogP contribution in [-0.2, 0) is 17.6 Å². The molecule has 1 aliphatic rings. The van der Waals surface area contributed by atoms with Crippen LogP contribution in [0.25, 0.3) is 11.3 Å². The molecule has 1 saturated carbocycles. The van der Waals surface area contributed by atoms with Gasteiger partial charge in [-0.1, -0.05) is 58.9 Å². The molecule has 1 aliphatic carbocycles. The van der Waals surface area contributed by atoms with Crippen molar-refractivity contribution in [3.8, 4) is 17.0 Å². The molecule has 35 heavy (non-hydrogen) atoms. The second-order valence-electron chi connectivity index (χ2n) is 10.2. The summed E-state index contributed by atoms with van der Waals surface area (Å²) in [6.45, 7) is 7.46. The van der Waals surface area contributed by atoms with Crippen molar-refractivity contribution in [1.29, 1.82) is 0 Å². The summed E-state index contributed by atoms with van der Waals surface area (Å²) in [5.74, 6) is 1.87. The maximum Gasteiger partial charge on any atom is 0.152 e. The summed E-state index contributed by atoms with van der Waals surface area (Å²) >= 11 is 0. The van der Waals surface area contributed by atoms with Gasteiger partial charge in [0.2, 0.25) is 0 Å². The molecule has 0 amide bonds. The molecule has 5 nitrogen and oxygen atoms in total. The quantitative estimate of drug-likeness (QED) is 0.226. The number of anilines is 1. The molecule has 1 aromatic heterocycles. The molecule has 0 bridgehead atoms. The minimum absolute atomic E-state index is 0.321. The van der Waals surface area contributed by atoms with E-state index in [-0.39, 0.29) is 0 Å². The van der Waals surface area contributed by atoms with Gasteiger partial charge in [-0.25, -0.2) is 0 Å². The molecule has 0 aliphatic heterocycles. The lowest BCUT2D eigenvalue weighted by atomic mass is 9.93. The van der Waals surface area contributed by atoms with Gasteiger partial charge in [0.05, 0.1) is 0 Å². The Kier molecular flexibility index (Phi) is 11.3. The van der Waals surface area contributed by atoms with Gasteiger partial charge in [-0.2, -0.15) is 0 Å². The van der Waals surface area contributed by atoms with E-state index < -0.39 is 0 Å². The Morgan fingerprint density at radius 3 is 2.40 bits per heavy atom. The van der Waals surface area contributed by atoms with Crippen molar-refractivity contribution in [2.45, 2.75) is 116 Å². The Labute approximate surface area is 213 Å². The second kappa shape index (κ2) is 14.4. The minimum atomic E-state index is 0.321. The summed E-state index contributed by atoms with van der Waals surface area (Å²) in [4.78, 5) is 0. The third-order valence-corrected chi connectivity index (χ3v) is 7.31. The first-order valence-corrected chi connectivity index (χ1v) is 14.1. The molecule has 1 aromatic carbocycles. The van der Waals surface area contributed by atoms with Gasteiger partial charge in [-0.3, -0.25) is 0 Å². The van der Waals surface area contributed by atoms with Gasteiger partial charge in [0.25, 0.3) is 0 Å². The van der Waals surface area contributed by atoms with Crippen molar-refractivity contribution >= 4 is 5.82 Å². The number of nitrogens with one attached hydrogen (secondary N) is 1. The third-order valence-electron chi connectivity index (χ3n) is 7.31. The van der Waals surface area contributed by atoms with Crippen molar-refractivity contribution in [3.05, 3.63) is 34.9 Å². The Balaban J connectivity index is 1.95. The summed E-state index contributed by atoms with van der Waals surface area (Å²) in [5.41, 5.74) is 5.34. The van der Waals surface area contributed by atoms with Crippen LogP contribution in [-0.4, -0.2) is 35.1 Å². The monoisotopic (exact) mass is 481 g/mol. The van der Waals surface area contributed by atoms with Gasteiger partial charge in [0.15, 0.2) is 5.82 Å². The van der Waals surface area contributed by atoms with Crippen LogP contribution in [0.15, 0.2) is 18.2 Å². The van der Waals surface area contributed by atoms with Gasteiger partial charge in [-0.05, 0) is 80.5 Å². The van der Waals surface area contributed by atoms with Crippen LogP contribution in [0.4, 0.5) is 5.82 Å². The van der Waals surface area contributed by atoms with Crippen LogP contribution in [0, 0.1) is 0 Å². The van der Waals surface area contributed by atoms with Crippen LogP contribution in [0.3, 0.4) is 0 Å². The van der Waals surface area contributed by atoms with Crippen molar-refractivity contribution in [3.63, 3.8) is 0 Å². The van der Waals surface area contributed by atoms with Gasteiger partial charge in [0, 0.05) is 30.9 Å². The van der Waals surface area contributed by atoms with Crippen LogP contribution in [0.2, 0.25) is 0 Å². The highest BCUT2D eigenvalue weighted by molar-refractivity contribution is 5.73. The lowest BCUT2D eigenvalue weighted by Crippen LogP contribution is -2.22. The zero-order valence-corrected chi connectivity index (χ0v) is 22.5. The van der Waals surface area contributed by atoms with Crippen molar-refractivity contribution in [2.75, 3.05) is 19.0 Å². The summed E-state index contributed by atoms with van der Waals surface area (Å²) in [6, 6.07) is 6.56. The van der Waals surface area contributed by atoms with Crippen molar-refractivity contribution < 1.29 is 9.84 Å². The number of benzene rings is 1. The number of unbranched alkanes of at least 4 members (excludes halogenated alkanes) is 4. The Morgan fingerprint density at radius 2 is 1.74 bits per heavy atom. The van der Waals surface area contributed by atoms with Crippen LogP contribution in [0.5, 0.6) is 5.75 Å². The molecule has 1 unspecified atom stereocenters. The van der Waals surface area contributed by atoms with Crippen molar-refractivity contribution in [1.82, 2.24) is 10.2 Å². The first-order chi connectivity index (χ1) is 17.1. The highest BCUT2D eigenvalue weighted by Gasteiger charge is 2.26.